The van der Waals surface area contributed by atoms with Crippen LogP contribution in [0.1, 0.15) is 26.5 Å². The minimum atomic E-state index is -4.60. The van der Waals surface area contributed by atoms with Crippen LogP contribution in [0.4, 0.5) is 19.0 Å². The van der Waals surface area contributed by atoms with Gasteiger partial charge in [0.2, 0.25) is 11.7 Å². The molecule has 1 aromatic rings. The molecule has 0 aliphatic carbocycles. The van der Waals surface area contributed by atoms with Crippen molar-refractivity contribution in [3.05, 3.63) is 11.8 Å². The summed E-state index contributed by atoms with van der Waals surface area (Å²) in [5.41, 5.74) is -0.711. The molecular weight excluding hydrogens is 225 g/mol. The molecule has 1 heterocycles. The number of alkyl halides is 3. The molecule has 4 nitrogen and oxygen atoms in total. The van der Waals surface area contributed by atoms with Crippen LogP contribution in [0.3, 0.4) is 0 Å². The van der Waals surface area contributed by atoms with Crippen LogP contribution in [0, 0.1) is 5.41 Å². The Morgan fingerprint density at radius 1 is 1.38 bits per heavy atom. The Kier molecular flexibility index (Phi) is 2.98. The molecule has 0 aliphatic heterocycles. The van der Waals surface area contributed by atoms with Gasteiger partial charge in [0.05, 0.1) is 0 Å². The normalized spacial score (nSPS) is 12.6. The lowest BCUT2D eigenvalue weighted by atomic mass is 9.96. The van der Waals surface area contributed by atoms with E-state index in [1.54, 1.807) is 20.8 Å². The zero-order chi connectivity index (χ0) is 12.6. The van der Waals surface area contributed by atoms with Crippen LogP contribution >= 0.6 is 0 Å². The summed E-state index contributed by atoms with van der Waals surface area (Å²) < 4.78 is 40.4. The average Bonchev–Trinajstić information content (AvgIpc) is 2.49. The minimum Gasteiger partial charge on any atom is -0.349 e. The van der Waals surface area contributed by atoms with Crippen molar-refractivity contribution in [2.24, 2.45) is 5.41 Å². The van der Waals surface area contributed by atoms with Crippen molar-refractivity contribution in [3.63, 3.8) is 0 Å². The second kappa shape index (κ2) is 3.80. The SMILES string of the molecule is CC(C)(C)C(=O)Nc1cc(C(F)(F)F)on1. The Morgan fingerprint density at radius 2 is 1.94 bits per heavy atom. The van der Waals surface area contributed by atoms with Crippen LogP contribution in [-0.4, -0.2) is 11.1 Å². The van der Waals surface area contributed by atoms with E-state index in [0.29, 0.717) is 6.07 Å². The zero-order valence-corrected chi connectivity index (χ0v) is 8.97. The predicted molar refractivity (Wildman–Crippen MR) is 49.6 cm³/mol. The number of aromatic nitrogens is 1. The van der Waals surface area contributed by atoms with Crippen molar-refractivity contribution < 1.29 is 22.5 Å². The van der Waals surface area contributed by atoms with Gasteiger partial charge in [-0.25, -0.2) is 0 Å². The van der Waals surface area contributed by atoms with Crippen molar-refractivity contribution in [3.8, 4) is 0 Å². The molecule has 16 heavy (non-hydrogen) atoms. The van der Waals surface area contributed by atoms with Gasteiger partial charge in [-0.1, -0.05) is 25.9 Å². The Labute approximate surface area is 89.8 Å². The first kappa shape index (κ1) is 12.5. The van der Waals surface area contributed by atoms with Gasteiger partial charge in [-0.05, 0) is 0 Å². The maximum atomic E-state index is 12.1. The topological polar surface area (TPSA) is 55.1 Å². The van der Waals surface area contributed by atoms with Crippen molar-refractivity contribution in [2.45, 2.75) is 26.9 Å². The number of halogens is 3. The van der Waals surface area contributed by atoms with Gasteiger partial charge in [0.15, 0.2) is 5.82 Å². The summed E-state index contributed by atoms with van der Waals surface area (Å²) in [6, 6.07) is 0.642. The zero-order valence-electron chi connectivity index (χ0n) is 8.97. The molecule has 1 N–H and O–H groups in total. The molecule has 0 saturated carbocycles. The molecule has 1 rings (SSSR count). The lowest BCUT2D eigenvalue weighted by molar-refractivity contribution is -0.155. The van der Waals surface area contributed by atoms with E-state index in [9.17, 15) is 18.0 Å². The van der Waals surface area contributed by atoms with Crippen molar-refractivity contribution >= 4 is 11.7 Å². The second-order valence-corrected chi connectivity index (χ2v) is 4.28. The lowest BCUT2D eigenvalue weighted by Gasteiger charge is -2.15. The molecule has 90 valence electrons. The molecular formula is C9H11F3N2O2. The minimum absolute atomic E-state index is 0.243. The summed E-state index contributed by atoms with van der Waals surface area (Å²) in [4.78, 5) is 11.4. The van der Waals surface area contributed by atoms with Gasteiger partial charge >= 0.3 is 6.18 Å². The van der Waals surface area contributed by atoms with Gasteiger partial charge in [-0.3, -0.25) is 4.79 Å². The smallest absolute Gasteiger partial charge is 0.349 e. The lowest BCUT2D eigenvalue weighted by Crippen LogP contribution is -2.27. The van der Waals surface area contributed by atoms with E-state index >= 15 is 0 Å². The third kappa shape index (κ3) is 2.98. The van der Waals surface area contributed by atoms with E-state index in [1.165, 1.54) is 0 Å². The van der Waals surface area contributed by atoms with E-state index < -0.39 is 23.3 Å². The number of nitrogens with zero attached hydrogens (tertiary/aromatic N) is 1. The third-order valence-corrected chi connectivity index (χ3v) is 1.71. The van der Waals surface area contributed by atoms with Crippen LogP contribution in [-0.2, 0) is 11.0 Å². The second-order valence-electron chi connectivity index (χ2n) is 4.28. The third-order valence-electron chi connectivity index (χ3n) is 1.71. The summed E-state index contributed by atoms with van der Waals surface area (Å²) in [7, 11) is 0. The van der Waals surface area contributed by atoms with Gasteiger partial charge in [0.25, 0.3) is 0 Å². The van der Waals surface area contributed by atoms with E-state index in [1.807, 2.05) is 0 Å². The number of amides is 1. The van der Waals surface area contributed by atoms with Gasteiger partial charge in [-0.15, -0.1) is 0 Å². The molecule has 0 saturated heterocycles. The molecule has 7 heteroatoms. The molecule has 0 atom stereocenters. The molecule has 0 radical (unpaired) electrons. The molecule has 1 amide bonds. The van der Waals surface area contributed by atoms with E-state index in [0.717, 1.165) is 0 Å². The molecule has 0 aromatic carbocycles. The quantitative estimate of drug-likeness (QED) is 0.815. The fourth-order valence-electron chi connectivity index (χ4n) is 0.772. The fourth-order valence-corrected chi connectivity index (χ4v) is 0.772. The van der Waals surface area contributed by atoms with Crippen LogP contribution in [0.5, 0.6) is 0 Å². The number of hydrogen-bond donors (Lipinski definition) is 1. The van der Waals surface area contributed by atoms with Crippen LogP contribution in [0.2, 0.25) is 0 Å². The number of hydrogen-bond acceptors (Lipinski definition) is 3. The Balaban J connectivity index is 2.78. The highest BCUT2D eigenvalue weighted by Gasteiger charge is 2.36. The average molecular weight is 236 g/mol. The van der Waals surface area contributed by atoms with Crippen LogP contribution in [0.25, 0.3) is 0 Å². The first-order valence-electron chi connectivity index (χ1n) is 4.46. The summed E-state index contributed by atoms with van der Waals surface area (Å²) >= 11 is 0. The summed E-state index contributed by atoms with van der Waals surface area (Å²) in [6.07, 6.45) is -4.60. The highest BCUT2D eigenvalue weighted by atomic mass is 19.4. The molecule has 1 aromatic heterocycles. The van der Waals surface area contributed by atoms with Crippen molar-refractivity contribution in [1.29, 1.82) is 0 Å². The van der Waals surface area contributed by atoms with E-state index in [4.69, 9.17) is 0 Å². The number of nitrogens with one attached hydrogen (secondary N) is 1. The van der Waals surface area contributed by atoms with Crippen molar-refractivity contribution in [1.82, 2.24) is 5.16 Å². The first-order valence-corrected chi connectivity index (χ1v) is 4.46. The van der Waals surface area contributed by atoms with Gasteiger partial charge in [-0.2, -0.15) is 13.2 Å². The Hall–Kier alpha value is -1.53. The summed E-state index contributed by atoms with van der Waals surface area (Å²) in [5.74, 6) is -1.92. The molecule has 0 spiro atoms. The monoisotopic (exact) mass is 236 g/mol. The van der Waals surface area contributed by atoms with Gasteiger partial charge in [0, 0.05) is 11.5 Å². The van der Waals surface area contributed by atoms with Gasteiger partial charge in [0.1, 0.15) is 0 Å². The maximum absolute atomic E-state index is 12.1. The van der Waals surface area contributed by atoms with Crippen LogP contribution < -0.4 is 5.32 Å². The number of rotatable bonds is 1. The van der Waals surface area contributed by atoms with Crippen molar-refractivity contribution in [2.75, 3.05) is 5.32 Å². The predicted octanol–water partition coefficient (Wildman–Crippen LogP) is 2.68. The standard InChI is InChI=1S/C9H11F3N2O2/c1-8(2,3)7(15)13-6-4-5(16-14-6)9(10,11)12/h4H,1-3H3,(H,13,14,15). The van der Waals surface area contributed by atoms with E-state index in [2.05, 4.69) is 15.0 Å². The largest absolute Gasteiger partial charge is 0.452 e. The fraction of sp³-hybridized carbons (Fsp3) is 0.556. The van der Waals surface area contributed by atoms with Gasteiger partial charge < -0.3 is 9.84 Å². The van der Waals surface area contributed by atoms with Crippen LogP contribution in [0.15, 0.2) is 10.6 Å². The van der Waals surface area contributed by atoms with E-state index in [-0.39, 0.29) is 5.82 Å². The maximum Gasteiger partial charge on any atom is 0.452 e. The highest BCUT2D eigenvalue weighted by molar-refractivity contribution is 5.93. The highest BCUT2D eigenvalue weighted by Crippen LogP contribution is 2.30. The summed E-state index contributed by atoms with van der Waals surface area (Å²) in [5, 5.41) is 5.34. The molecule has 0 unspecified atom stereocenters. The summed E-state index contributed by atoms with van der Waals surface area (Å²) in [6.45, 7) is 4.90. The molecule has 0 bridgehead atoms. The Morgan fingerprint density at radius 3 is 2.31 bits per heavy atom. The first-order chi connectivity index (χ1) is 7.10. The number of anilines is 1. The molecule has 0 fully saturated rings. The Bertz CT molecular complexity index is 390. The molecule has 0 aliphatic rings. The number of carbonyl (C=O) groups excluding carboxylic acids is 1. The number of carbonyl (C=O) groups is 1.